The van der Waals surface area contributed by atoms with Crippen LogP contribution < -0.4 is 5.32 Å². The van der Waals surface area contributed by atoms with Gasteiger partial charge in [0.25, 0.3) is 5.91 Å². The lowest BCUT2D eigenvalue weighted by Gasteiger charge is -2.30. The van der Waals surface area contributed by atoms with Crippen LogP contribution in [-0.2, 0) is 4.79 Å². The first-order valence-corrected chi connectivity index (χ1v) is 6.56. The molecular formula is C13H22N2O2. The molecule has 0 radical (unpaired) electrons. The van der Waals surface area contributed by atoms with Gasteiger partial charge in [0.15, 0.2) is 0 Å². The standard InChI is InChI=1S/C13H22N2O2/c1-13(2,3)15-11(16)10(14-12(15)17)9-7-5-4-6-8-9/h9-10H,4-8H2,1-3H3,(H,14,17). The highest BCUT2D eigenvalue weighted by Crippen LogP contribution is 2.31. The zero-order valence-corrected chi connectivity index (χ0v) is 11.0. The van der Waals surface area contributed by atoms with Crippen LogP contribution in [0.25, 0.3) is 0 Å². The van der Waals surface area contributed by atoms with Crippen LogP contribution in [-0.4, -0.2) is 28.4 Å². The van der Waals surface area contributed by atoms with Crippen molar-refractivity contribution < 1.29 is 9.59 Å². The Balaban J connectivity index is 2.12. The molecule has 1 N–H and O–H groups in total. The first-order valence-electron chi connectivity index (χ1n) is 6.56. The second-order valence-corrected chi connectivity index (χ2v) is 6.17. The number of urea groups is 1. The second-order valence-electron chi connectivity index (χ2n) is 6.17. The maximum atomic E-state index is 12.3. The minimum absolute atomic E-state index is 0.0330. The minimum atomic E-state index is -0.426. The Morgan fingerprint density at radius 2 is 1.71 bits per heavy atom. The van der Waals surface area contributed by atoms with Gasteiger partial charge in [0, 0.05) is 5.54 Å². The van der Waals surface area contributed by atoms with Gasteiger partial charge in [0.2, 0.25) is 0 Å². The molecule has 2 fully saturated rings. The molecule has 1 atom stereocenters. The van der Waals surface area contributed by atoms with Crippen LogP contribution in [0.3, 0.4) is 0 Å². The summed E-state index contributed by atoms with van der Waals surface area (Å²) in [7, 11) is 0. The molecule has 1 aliphatic heterocycles. The smallest absolute Gasteiger partial charge is 0.325 e. The molecule has 0 aromatic rings. The molecule has 0 bridgehead atoms. The maximum Gasteiger partial charge on any atom is 0.325 e. The number of rotatable bonds is 1. The molecule has 3 amide bonds. The number of hydrogen-bond acceptors (Lipinski definition) is 2. The van der Waals surface area contributed by atoms with E-state index in [2.05, 4.69) is 5.32 Å². The molecule has 0 spiro atoms. The average molecular weight is 238 g/mol. The van der Waals surface area contributed by atoms with E-state index in [1.165, 1.54) is 24.2 Å². The lowest BCUT2D eigenvalue weighted by atomic mass is 9.83. The molecule has 96 valence electrons. The van der Waals surface area contributed by atoms with Gasteiger partial charge in [-0.05, 0) is 39.5 Å². The number of nitrogens with zero attached hydrogens (tertiary/aromatic N) is 1. The van der Waals surface area contributed by atoms with Crippen molar-refractivity contribution in [2.45, 2.75) is 64.5 Å². The van der Waals surface area contributed by atoms with Gasteiger partial charge < -0.3 is 5.32 Å². The minimum Gasteiger partial charge on any atom is -0.325 e. The normalized spacial score (nSPS) is 27.5. The highest BCUT2D eigenvalue weighted by molar-refractivity contribution is 6.05. The first-order chi connectivity index (χ1) is 7.91. The summed E-state index contributed by atoms with van der Waals surface area (Å²) in [5.74, 6) is 0.307. The number of amides is 3. The molecular weight excluding hydrogens is 216 g/mol. The highest BCUT2D eigenvalue weighted by atomic mass is 16.2. The fourth-order valence-electron chi connectivity index (χ4n) is 2.92. The molecule has 4 heteroatoms. The van der Waals surface area contributed by atoms with Gasteiger partial charge in [-0.1, -0.05) is 19.3 Å². The topological polar surface area (TPSA) is 49.4 Å². The number of imide groups is 1. The molecule has 1 heterocycles. The summed E-state index contributed by atoms with van der Waals surface area (Å²) in [6, 6.07) is -0.500. The summed E-state index contributed by atoms with van der Waals surface area (Å²) in [5.41, 5.74) is -0.426. The van der Waals surface area contributed by atoms with Crippen molar-refractivity contribution in [2.24, 2.45) is 5.92 Å². The second kappa shape index (κ2) is 4.31. The first kappa shape index (κ1) is 12.4. The Morgan fingerprint density at radius 3 is 2.18 bits per heavy atom. The molecule has 1 unspecified atom stereocenters. The van der Waals surface area contributed by atoms with E-state index in [1.807, 2.05) is 20.8 Å². The van der Waals surface area contributed by atoms with Crippen LogP contribution >= 0.6 is 0 Å². The van der Waals surface area contributed by atoms with E-state index in [1.54, 1.807) is 0 Å². The Bertz CT molecular complexity index is 327. The van der Waals surface area contributed by atoms with Crippen molar-refractivity contribution in [2.75, 3.05) is 0 Å². The van der Waals surface area contributed by atoms with Gasteiger partial charge in [-0.15, -0.1) is 0 Å². The van der Waals surface area contributed by atoms with Crippen molar-refractivity contribution in [3.05, 3.63) is 0 Å². The van der Waals surface area contributed by atoms with E-state index >= 15 is 0 Å². The van der Waals surface area contributed by atoms with Crippen LogP contribution in [0, 0.1) is 5.92 Å². The quantitative estimate of drug-likeness (QED) is 0.712. The molecule has 2 rings (SSSR count). The van der Waals surface area contributed by atoms with Crippen molar-refractivity contribution in [1.82, 2.24) is 10.2 Å². The predicted molar refractivity (Wildman–Crippen MR) is 65.5 cm³/mol. The van der Waals surface area contributed by atoms with Crippen LogP contribution in [0.4, 0.5) is 4.79 Å². The van der Waals surface area contributed by atoms with Crippen molar-refractivity contribution in [3.8, 4) is 0 Å². The van der Waals surface area contributed by atoms with Gasteiger partial charge in [0.1, 0.15) is 6.04 Å². The number of hydrogen-bond donors (Lipinski definition) is 1. The van der Waals surface area contributed by atoms with E-state index < -0.39 is 5.54 Å². The van der Waals surface area contributed by atoms with E-state index in [-0.39, 0.29) is 18.0 Å². The average Bonchev–Trinajstić information content (AvgIpc) is 2.54. The van der Waals surface area contributed by atoms with E-state index in [0.717, 1.165) is 12.8 Å². The summed E-state index contributed by atoms with van der Waals surface area (Å²) >= 11 is 0. The van der Waals surface area contributed by atoms with Crippen molar-refractivity contribution in [3.63, 3.8) is 0 Å². The molecule has 0 aromatic heterocycles. The fourth-order valence-corrected chi connectivity index (χ4v) is 2.92. The van der Waals surface area contributed by atoms with Crippen molar-refractivity contribution >= 4 is 11.9 Å². The van der Waals surface area contributed by atoms with Gasteiger partial charge in [-0.3, -0.25) is 9.69 Å². The lowest BCUT2D eigenvalue weighted by molar-refractivity contribution is -0.131. The highest BCUT2D eigenvalue weighted by Gasteiger charge is 2.46. The third kappa shape index (κ3) is 2.31. The van der Waals surface area contributed by atoms with Crippen LogP contribution in [0.5, 0.6) is 0 Å². The van der Waals surface area contributed by atoms with E-state index in [0.29, 0.717) is 5.92 Å². The lowest BCUT2D eigenvalue weighted by Crippen LogP contribution is -2.46. The summed E-state index contributed by atoms with van der Waals surface area (Å²) in [5, 5.41) is 2.87. The Hall–Kier alpha value is -1.06. The van der Waals surface area contributed by atoms with Gasteiger partial charge in [-0.25, -0.2) is 4.79 Å². The summed E-state index contributed by atoms with van der Waals surface area (Å²) in [4.78, 5) is 25.6. The SMILES string of the molecule is CC(C)(C)N1C(=O)NC(C2CCCCC2)C1=O. The number of carbonyl (C=O) groups excluding carboxylic acids is 2. The van der Waals surface area contributed by atoms with Gasteiger partial charge in [0.05, 0.1) is 0 Å². The Kier molecular flexibility index (Phi) is 3.15. The largest absolute Gasteiger partial charge is 0.325 e. The fraction of sp³-hybridized carbons (Fsp3) is 0.846. The third-order valence-electron chi connectivity index (χ3n) is 3.76. The van der Waals surface area contributed by atoms with Gasteiger partial charge in [-0.2, -0.15) is 0 Å². The number of nitrogens with one attached hydrogen (secondary N) is 1. The van der Waals surface area contributed by atoms with Gasteiger partial charge >= 0.3 is 6.03 Å². The summed E-state index contributed by atoms with van der Waals surface area (Å²) < 4.78 is 0. The monoisotopic (exact) mass is 238 g/mol. The predicted octanol–water partition coefficient (Wildman–Crippen LogP) is 2.29. The molecule has 2 aliphatic rings. The number of carbonyl (C=O) groups is 2. The van der Waals surface area contributed by atoms with Crippen molar-refractivity contribution in [1.29, 1.82) is 0 Å². The Morgan fingerprint density at radius 1 is 1.12 bits per heavy atom. The molecule has 4 nitrogen and oxygen atoms in total. The third-order valence-corrected chi connectivity index (χ3v) is 3.76. The molecule has 1 aliphatic carbocycles. The van der Waals surface area contributed by atoms with Crippen LogP contribution in [0.15, 0.2) is 0 Å². The van der Waals surface area contributed by atoms with Crippen LogP contribution in [0.2, 0.25) is 0 Å². The maximum absolute atomic E-state index is 12.3. The van der Waals surface area contributed by atoms with Crippen LogP contribution in [0.1, 0.15) is 52.9 Å². The molecule has 0 aromatic carbocycles. The molecule has 17 heavy (non-hydrogen) atoms. The molecule has 1 saturated carbocycles. The summed E-state index contributed by atoms with van der Waals surface area (Å²) in [6.07, 6.45) is 5.75. The summed E-state index contributed by atoms with van der Waals surface area (Å²) in [6.45, 7) is 5.69. The zero-order chi connectivity index (χ0) is 12.6. The Labute approximate surface area is 103 Å². The van der Waals surface area contributed by atoms with E-state index in [9.17, 15) is 9.59 Å². The molecule has 1 saturated heterocycles. The zero-order valence-electron chi connectivity index (χ0n) is 11.0. The van der Waals surface area contributed by atoms with E-state index in [4.69, 9.17) is 0 Å².